The van der Waals surface area contributed by atoms with Gasteiger partial charge < -0.3 is 21.1 Å². The molecule has 140 valence electrons. The lowest BCUT2D eigenvalue weighted by atomic mass is 10.0. The van der Waals surface area contributed by atoms with Crippen molar-refractivity contribution in [3.63, 3.8) is 0 Å². The fourth-order valence-electron chi connectivity index (χ4n) is 3.42. The molecule has 2 bridgehead atoms. The van der Waals surface area contributed by atoms with E-state index in [1.807, 2.05) is 26.0 Å². The molecule has 0 aromatic heterocycles. The molecule has 2 aliphatic rings. The fourth-order valence-corrected chi connectivity index (χ4v) is 3.42. The number of anilines is 1. The van der Waals surface area contributed by atoms with Crippen molar-refractivity contribution in [2.24, 2.45) is 11.7 Å². The first-order chi connectivity index (χ1) is 12.3. The van der Waals surface area contributed by atoms with Crippen LogP contribution in [-0.2, 0) is 9.53 Å². The number of carbonyl (C=O) groups excluding carboxylic acids is 1. The van der Waals surface area contributed by atoms with Gasteiger partial charge in [-0.3, -0.25) is 10.2 Å². The van der Waals surface area contributed by atoms with Gasteiger partial charge in [-0.15, -0.1) is 0 Å². The van der Waals surface area contributed by atoms with Gasteiger partial charge in [0.25, 0.3) is 5.91 Å². The number of fused-ring (bicyclic) bond motifs is 2. The second-order valence-electron chi connectivity index (χ2n) is 7.32. The fraction of sp³-hybridized carbons (Fsp3) is 0.474. The Morgan fingerprint density at radius 1 is 1.42 bits per heavy atom. The van der Waals surface area contributed by atoms with Crippen molar-refractivity contribution >= 4 is 17.3 Å². The van der Waals surface area contributed by atoms with Crippen LogP contribution < -0.4 is 16.4 Å². The van der Waals surface area contributed by atoms with Gasteiger partial charge >= 0.3 is 0 Å². The molecule has 5 N–H and O–H groups in total. The van der Waals surface area contributed by atoms with Gasteiger partial charge in [0.05, 0.1) is 12.2 Å². The molecule has 2 saturated heterocycles. The molecule has 0 radical (unpaired) electrons. The molecule has 7 heteroatoms. The number of amides is 1. The van der Waals surface area contributed by atoms with Crippen LogP contribution in [0.3, 0.4) is 0 Å². The van der Waals surface area contributed by atoms with Crippen molar-refractivity contribution < 1.29 is 13.9 Å². The molecular weight excluding hydrogens is 335 g/mol. The van der Waals surface area contributed by atoms with Gasteiger partial charge in [0.1, 0.15) is 0 Å². The lowest BCUT2D eigenvalue weighted by Gasteiger charge is -2.23. The van der Waals surface area contributed by atoms with Gasteiger partial charge in [-0.2, -0.15) is 0 Å². The number of hydrogen-bond donors (Lipinski definition) is 4. The highest BCUT2D eigenvalue weighted by atomic mass is 19.1. The third-order valence-corrected chi connectivity index (χ3v) is 4.68. The summed E-state index contributed by atoms with van der Waals surface area (Å²) in [6.07, 6.45) is 1.61. The molecule has 0 unspecified atom stereocenters. The molecule has 26 heavy (non-hydrogen) atoms. The Hall–Kier alpha value is -2.25. The summed E-state index contributed by atoms with van der Waals surface area (Å²) < 4.78 is 20.0. The maximum Gasteiger partial charge on any atom is 0.276 e. The molecule has 1 aromatic rings. The molecule has 0 aliphatic carbocycles. The number of benzene rings is 1. The average Bonchev–Trinajstić information content (AvgIpc) is 3.23. The van der Waals surface area contributed by atoms with Crippen molar-refractivity contribution in [3.05, 3.63) is 41.4 Å². The summed E-state index contributed by atoms with van der Waals surface area (Å²) in [5.74, 6) is -1.64. The number of nitrogens with two attached hydrogens (primary N) is 1. The topological polar surface area (TPSA) is 100 Å². The highest BCUT2D eigenvalue weighted by molar-refractivity contribution is 6.47. The number of allylic oxidation sites excluding steroid dienone is 1. The summed E-state index contributed by atoms with van der Waals surface area (Å²) in [6.45, 7) is 4.68. The van der Waals surface area contributed by atoms with Crippen LogP contribution in [0.5, 0.6) is 0 Å². The van der Waals surface area contributed by atoms with Crippen molar-refractivity contribution in [1.82, 2.24) is 5.32 Å². The minimum atomic E-state index is -0.964. The summed E-state index contributed by atoms with van der Waals surface area (Å²) in [7, 11) is 0. The van der Waals surface area contributed by atoms with E-state index in [9.17, 15) is 9.18 Å². The van der Waals surface area contributed by atoms with Gasteiger partial charge in [0, 0.05) is 24.0 Å². The zero-order chi connectivity index (χ0) is 18.8. The van der Waals surface area contributed by atoms with Gasteiger partial charge in [-0.25, -0.2) is 4.39 Å². The molecule has 1 amide bonds. The quantitative estimate of drug-likeness (QED) is 0.586. The zero-order valence-corrected chi connectivity index (χ0v) is 15.0. The predicted octanol–water partition coefficient (Wildman–Crippen LogP) is 2.63. The minimum absolute atomic E-state index is 0.0213. The maximum atomic E-state index is 14.1. The summed E-state index contributed by atoms with van der Waals surface area (Å²) in [5.41, 5.74) is 6.33. The van der Waals surface area contributed by atoms with Crippen LogP contribution in [0.15, 0.2) is 35.8 Å². The standard InChI is InChI=1S/C19H25FN4O2/c1-10(2)7-14(21)16(20)17(22)19(25)24-12-5-3-11(4-6-12)18-15-8-13(26-18)9-23-15/h3-6,10,13,15,18,22-23H,7-9,21H2,1-2H3,(H,24,25)/b16-14+,22-17?/t13-,15-,18+/m1/s1. The molecule has 3 atom stereocenters. The largest absolute Gasteiger partial charge is 0.400 e. The van der Waals surface area contributed by atoms with Crippen LogP contribution in [0.2, 0.25) is 0 Å². The number of carbonyl (C=O) groups is 1. The van der Waals surface area contributed by atoms with Crippen molar-refractivity contribution in [2.45, 2.75) is 44.9 Å². The van der Waals surface area contributed by atoms with Gasteiger partial charge in [-0.05, 0) is 36.5 Å². The second-order valence-corrected chi connectivity index (χ2v) is 7.32. The second kappa shape index (κ2) is 7.55. The smallest absolute Gasteiger partial charge is 0.276 e. The van der Waals surface area contributed by atoms with E-state index >= 15 is 0 Å². The number of nitrogens with one attached hydrogen (secondary N) is 3. The monoisotopic (exact) mass is 360 g/mol. The number of morpholine rings is 1. The van der Waals surface area contributed by atoms with Gasteiger partial charge in [0.2, 0.25) is 0 Å². The molecule has 0 spiro atoms. The summed E-state index contributed by atoms with van der Waals surface area (Å²) in [4.78, 5) is 12.1. The van der Waals surface area contributed by atoms with Crippen molar-refractivity contribution in [2.75, 3.05) is 11.9 Å². The van der Waals surface area contributed by atoms with E-state index in [0.29, 0.717) is 18.2 Å². The molecule has 0 saturated carbocycles. The Morgan fingerprint density at radius 3 is 2.65 bits per heavy atom. The molecule has 3 rings (SSSR count). The zero-order valence-electron chi connectivity index (χ0n) is 15.0. The van der Waals surface area contributed by atoms with Crippen LogP contribution in [-0.4, -0.2) is 30.3 Å². The molecule has 2 aliphatic heterocycles. The normalized spacial score (nSPS) is 25.3. The van der Waals surface area contributed by atoms with Crippen molar-refractivity contribution in [1.29, 1.82) is 5.41 Å². The van der Waals surface area contributed by atoms with E-state index in [1.54, 1.807) is 12.1 Å². The highest BCUT2D eigenvalue weighted by Crippen LogP contribution is 2.37. The average molecular weight is 360 g/mol. The first kappa shape index (κ1) is 18.5. The Labute approximate surface area is 152 Å². The third kappa shape index (κ3) is 3.94. The first-order valence-corrected chi connectivity index (χ1v) is 8.88. The highest BCUT2D eigenvalue weighted by Gasteiger charge is 2.41. The van der Waals surface area contributed by atoms with Gasteiger partial charge in [-0.1, -0.05) is 26.0 Å². The van der Waals surface area contributed by atoms with E-state index in [1.165, 1.54) is 0 Å². The summed E-state index contributed by atoms with van der Waals surface area (Å²) >= 11 is 0. The summed E-state index contributed by atoms with van der Waals surface area (Å²) in [6, 6.07) is 7.55. The van der Waals surface area contributed by atoms with E-state index in [0.717, 1.165) is 18.5 Å². The predicted molar refractivity (Wildman–Crippen MR) is 98.6 cm³/mol. The van der Waals surface area contributed by atoms with E-state index in [4.69, 9.17) is 15.9 Å². The maximum absolute atomic E-state index is 14.1. The lowest BCUT2D eigenvalue weighted by molar-refractivity contribution is -0.110. The van der Waals surface area contributed by atoms with Crippen LogP contribution >= 0.6 is 0 Å². The summed E-state index contributed by atoms with van der Waals surface area (Å²) in [5, 5.41) is 13.7. The minimum Gasteiger partial charge on any atom is -0.400 e. The van der Waals surface area contributed by atoms with Crippen LogP contribution in [0.25, 0.3) is 0 Å². The Bertz CT molecular complexity index is 730. The van der Waals surface area contributed by atoms with Crippen LogP contribution in [0.4, 0.5) is 10.1 Å². The number of hydrogen-bond acceptors (Lipinski definition) is 5. The third-order valence-electron chi connectivity index (χ3n) is 4.68. The molecular formula is C19H25FN4O2. The van der Waals surface area contributed by atoms with E-state index in [2.05, 4.69) is 10.6 Å². The molecule has 6 nitrogen and oxygen atoms in total. The number of halogens is 1. The molecule has 1 aromatic carbocycles. The van der Waals surface area contributed by atoms with Crippen LogP contribution in [0.1, 0.15) is 38.4 Å². The Morgan fingerprint density at radius 2 is 2.12 bits per heavy atom. The Kier molecular flexibility index (Phi) is 5.38. The van der Waals surface area contributed by atoms with E-state index < -0.39 is 17.4 Å². The molecule has 2 fully saturated rings. The molecule has 2 heterocycles. The SMILES string of the molecule is CC(C)C/C(N)=C(\F)C(=N)C(=O)Nc1ccc([C@@H]2O[C@H]3CN[C@@H]2C3)cc1. The lowest BCUT2D eigenvalue weighted by Crippen LogP contribution is -2.34. The number of rotatable bonds is 6. The Balaban J connectivity index is 1.62. The van der Waals surface area contributed by atoms with Gasteiger partial charge in [0.15, 0.2) is 11.5 Å². The first-order valence-electron chi connectivity index (χ1n) is 8.88. The number of ether oxygens (including phenoxy) is 1. The van der Waals surface area contributed by atoms with Crippen molar-refractivity contribution in [3.8, 4) is 0 Å². The van der Waals surface area contributed by atoms with Crippen LogP contribution in [0, 0.1) is 11.3 Å². The van der Waals surface area contributed by atoms with E-state index in [-0.39, 0.29) is 23.8 Å².